The SMILES string of the molecule is CN(CC(=O)O)CC1CN(C(=O)CNC(=O)NC2CCCCC2)CCO1. The summed E-state index contributed by atoms with van der Waals surface area (Å²) in [7, 11) is 1.70. The Morgan fingerprint density at radius 2 is 1.96 bits per heavy atom. The number of amides is 3. The summed E-state index contributed by atoms with van der Waals surface area (Å²) < 4.78 is 5.61. The van der Waals surface area contributed by atoms with E-state index in [9.17, 15) is 14.4 Å². The van der Waals surface area contributed by atoms with Gasteiger partial charge >= 0.3 is 12.0 Å². The lowest BCUT2D eigenvalue weighted by Crippen LogP contribution is -2.53. The molecule has 1 saturated carbocycles. The molecular weight excluding hydrogens is 340 g/mol. The Labute approximate surface area is 154 Å². The van der Waals surface area contributed by atoms with Crippen molar-refractivity contribution in [2.45, 2.75) is 44.2 Å². The minimum atomic E-state index is -0.899. The highest BCUT2D eigenvalue weighted by Gasteiger charge is 2.26. The molecule has 1 atom stereocenters. The second-order valence-corrected chi connectivity index (χ2v) is 7.08. The summed E-state index contributed by atoms with van der Waals surface area (Å²) in [5.74, 6) is -1.05. The lowest BCUT2D eigenvalue weighted by atomic mass is 9.96. The quantitative estimate of drug-likeness (QED) is 0.575. The van der Waals surface area contributed by atoms with Crippen molar-refractivity contribution in [1.29, 1.82) is 0 Å². The van der Waals surface area contributed by atoms with E-state index in [0.29, 0.717) is 26.2 Å². The number of urea groups is 1. The third-order valence-corrected chi connectivity index (χ3v) is 4.75. The first-order valence-corrected chi connectivity index (χ1v) is 9.28. The Morgan fingerprint density at radius 3 is 2.65 bits per heavy atom. The Morgan fingerprint density at radius 1 is 1.23 bits per heavy atom. The second kappa shape index (κ2) is 10.3. The number of aliphatic carboxylic acids is 1. The summed E-state index contributed by atoms with van der Waals surface area (Å²) >= 11 is 0. The van der Waals surface area contributed by atoms with Crippen LogP contribution in [0.3, 0.4) is 0 Å². The zero-order valence-electron chi connectivity index (χ0n) is 15.4. The van der Waals surface area contributed by atoms with E-state index < -0.39 is 5.97 Å². The fourth-order valence-electron chi connectivity index (χ4n) is 3.45. The number of morpholine rings is 1. The van der Waals surface area contributed by atoms with Crippen molar-refractivity contribution in [1.82, 2.24) is 20.4 Å². The number of ether oxygens (including phenoxy) is 1. The maximum Gasteiger partial charge on any atom is 0.317 e. The zero-order chi connectivity index (χ0) is 18.9. The highest BCUT2D eigenvalue weighted by Crippen LogP contribution is 2.17. The van der Waals surface area contributed by atoms with Crippen molar-refractivity contribution < 1.29 is 24.2 Å². The molecule has 0 spiro atoms. The van der Waals surface area contributed by atoms with Gasteiger partial charge in [0.25, 0.3) is 0 Å². The molecule has 1 aliphatic carbocycles. The van der Waals surface area contributed by atoms with Crippen LogP contribution < -0.4 is 10.6 Å². The maximum atomic E-state index is 12.3. The molecule has 0 bridgehead atoms. The molecule has 3 N–H and O–H groups in total. The summed E-state index contributed by atoms with van der Waals surface area (Å²) in [6.45, 7) is 1.60. The van der Waals surface area contributed by atoms with E-state index in [2.05, 4.69) is 10.6 Å². The number of hydrogen-bond acceptors (Lipinski definition) is 5. The van der Waals surface area contributed by atoms with Crippen LogP contribution in [-0.4, -0.2) is 91.3 Å². The van der Waals surface area contributed by atoms with E-state index >= 15 is 0 Å². The average Bonchev–Trinajstić information content (AvgIpc) is 2.60. The smallest absolute Gasteiger partial charge is 0.317 e. The highest BCUT2D eigenvalue weighted by atomic mass is 16.5. The number of carbonyl (C=O) groups is 3. The van der Waals surface area contributed by atoms with E-state index in [1.54, 1.807) is 16.8 Å². The molecule has 9 heteroatoms. The van der Waals surface area contributed by atoms with Crippen LogP contribution in [0, 0.1) is 0 Å². The summed E-state index contributed by atoms with van der Waals surface area (Å²) in [6, 6.07) is -0.0901. The van der Waals surface area contributed by atoms with Crippen LogP contribution in [0.15, 0.2) is 0 Å². The van der Waals surface area contributed by atoms with Crippen molar-refractivity contribution in [2.75, 3.05) is 46.4 Å². The number of hydrogen-bond donors (Lipinski definition) is 3. The predicted octanol–water partition coefficient (Wildman–Crippen LogP) is -0.138. The molecular formula is C17H30N4O5. The number of carboxylic acids is 1. The van der Waals surface area contributed by atoms with E-state index in [0.717, 1.165) is 25.7 Å². The molecule has 1 heterocycles. The van der Waals surface area contributed by atoms with Crippen molar-refractivity contribution in [3.05, 3.63) is 0 Å². The molecule has 0 aromatic carbocycles. The largest absolute Gasteiger partial charge is 0.480 e. The average molecular weight is 370 g/mol. The topological polar surface area (TPSA) is 111 Å². The van der Waals surface area contributed by atoms with Crippen molar-refractivity contribution in [3.8, 4) is 0 Å². The van der Waals surface area contributed by atoms with E-state index in [1.165, 1.54) is 6.42 Å². The van der Waals surface area contributed by atoms with Crippen LogP contribution in [0.5, 0.6) is 0 Å². The number of nitrogens with one attached hydrogen (secondary N) is 2. The first-order chi connectivity index (χ1) is 12.4. The van der Waals surface area contributed by atoms with Crippen LogP contribution in [0.2, 0.25) is 0 Å². The molecule has 0 aromatic rings. The molecule has 1 saturated heterocycles. The molecule has 0 aromatic heterocycles. The molecule has 0 radical (unpaired) electrons. The fraction of sp³-hybridized carbons (Fsp3) is 0.824. The molecule has 1 aliphatic heterocycles. The monoisotopic (exact) mass is 370 g/mol. The van der Waals surface area contributed by atoms with Gasteiger partial charge in [0.15, 0.2) is 0 Å². The maximum absolute atomic E-state index is 12.3. The van der Waals surface area contributed by atoms with E-state index in [1.807, 2.05) is 0 Å². The molecule has 1 unspecified atom stereocenters. The number of carbonyl (C=O) groups excluding carboxylic acids is 2. The summed E-state index contributed by atoms with van der Waals surface area (Å²) in [4.78, 5) is 38.3. The third-order valence-electron chi connectivity index (χ3n) is 4.75. The van der Waals surface area contributed by atoms with Gasteiger partial charge < -0.3 is 25.4 Å². The minimum absolute atomic E-state index is 0.0454. The highest BCUT2D eigenvalue weighted by molar-refractivity contribution is 5.84. The van der Waals surface area contributed by atoms with Crippen LogP contribution in [0.4, 0.5) is 4.79 Å². The lowest BCUT2D eigenvalue weighted by Gasteiger charge is -2.34. The van der Waals surface area contributed by atoms with E-state index in [-0.39, 0.29) is 37.2 Å². The number of carboxylic acid groups (broad SMARTS) is 1. The Hall–Kier alpha value is -1.87. The molecule has 2 fully saturated rings. The number of nitrogens with zero attached hydrogens (tertiary/aromatic N) is 2. The van der Waals surface area contributed by atoms with Crippen LogP contribution in [0.1, 0.15) is 32.1 Å². The standard InChI is InChI=1S/C17H30N4O5/c1-20(12-16(23)24)10-14-11-21(7-8-26-14)15(22)9-18-17(25)19-13-5-3-2-4-6-13/h13-14H,2-12H2,1H3,(H,23,24)(H2,18,19,25). The summed E-state index contributed by atoms with van der Waals surface area (Å²) in [6.07, 6.45) is 5.25. The van der Waals surface area contributed by atoms with Crippen molar-refractivity contribution in [2.24, 2.45) is 0 Å². The first-order valence-electron chi connectivity index (χ1n) is 9.28. The minimum Gasteiger partial charge on any atom is -0.480 e. The number of rotatable bonds is 7. The van der Waals surface area contributed by atoms with Crippen LogP contribution >= 0.6 is 0 Å². The second-order valence-electron chi connectivity index (χ2n) is 7.08. The van der Waals surface area contributed by atoms with Gasteiger partial charge in [-0.25, -0.2) is 4.79 Å². The fourth-order valence-corrected chi connectivity index (χ4v) is 3.45. The van der Waals surface area contributed by atoms with Gasteiger partial charge in [-0.3, -0.25) is 14.5 Å². The van der Waals surface area contributed by atoms with Crippen molar-refractivity contribution >= 4 is 17.9 Å². The van der Waals surface area contributed by atoms with Crippen LogP contribution in [-0.2, 0) is 14.3 Å². The number of likely N-dealkylation sites (N-methyl/N-ethyl adjacent to an activating group) is 1. The summed E-state index contributed by atoms with van der Waals surface area (Å²) in [5, 5.41) is 14.4. The van der Waals surface area contributed by atoms with Gasteiger partial charge in [0.1, 0.15) is 0 Å². The van der Waals surface area contributed by atoms with E-state index in [4.69, 9.17) is 9.84 Å². The van der Waals surface area contributed by atoms with Crippen molar-refractivity contribution in [3.63, 3.8) is 0 Å². The Kier molecular flexibility index (Phi) is 8.11. The molecule has 148 valence electrons. The van der Waals surface area contributed by atoms with Gasteiger partial charge in [0.05, 0.1) is 25.8 Å². The Bertz CT molecular complexity index is 496. The first kappa shape index (κ1) is 20.4. The third kappa shape index (κ3) is 7.17. The van der Waals surface area contributed by atoms with Gasteiger partial charge in [-0.1, -0.05) is 19.3 Å². The molecule has 9 nitrogen and oxygen atoms in total. The molecule has 26 heavy (non-hydrogen) atoms. The van der Waals surface area contributed by atoms with Gasteiger partial charge in [0, 0.05) is 25.7 Å². The predicted molar refractivity (Wildman–Crippen MR) is 94.9 cm³/mol. The van der Waals surface area contributed by atoms with Gasteiger partial charge in [0.2, 0.25) is 5.91 Å². The van der Waals surface area contributed by atoms with Gasteiger partial charge in [-0.15, -0.1) is 0 Å². The van der Waals surface area contributed by atoms with Crippen LogP contribution in [0.25, 0.3) is 0 Å². The molecule has 2 rings (SSSR count). The normalized spacial score (nSPS) is 21.5. The lowest BCUT2D eigenvalue weighted by molar-refractivity contribution is -0.141. The zero-order valence-corrected chi connectivity index (χ0v) is 15.4. The Balaban J connectivity index is 1.69. The summed E-state index contributed by atoms with van der Waals surface area (Å²) in [5.41, 5.74) is 0. The molecule has 2 aliphatic rings. The molecule has 3 amide bonds. The van der Waals surface area contributed by atoms with Gasteiger partial charge in [-0.05, 0) is 19.9 Å². The van der Waals surface area contributed by atoms with Gasteiger partial charge in [-0.2, -0.15) is 0 Å².